The van der Waals surface area contributed by atoms with E-state index in [2.05, 4.69) is 38.2 Å². The van der Waals surface area contributed by atoms with Crippen molar-refractivity contribution in [2.45, 2.75) is 45.6 Å². The van der Waals surface area contributed by atoms with Crippen LogP contribution in [0.3, 0.4) is 0 Å². The van der Waals surface area contributed by atoms with Crippen molar-refractivity contribution in [2.75, 3.05) is 11.9 Å². The van der Waals surface area contributed by atoms with Crippen LogP contribution in [0.4, 0.5) is 5.82 Å². The van der Waals surface area contributed by atoms with Crippen molar-refractivity contribution in [3.05, 3.63) is 23.4 Å². The van der Waals surface area contributed by atoms with Gasteiger partial charge in [-0.15, -0.1) is 0 Å². The Morgan fingerprint density at radius 1 is 1.41 bits per heavy atom. The van der Waals surface area contributed by atoms with E-state index < -0.39 is 0 Å². The Kier molecular flexibility index (Phi) is 3.38. The van der Waals surface area contributed by atoms with E-state index in [0.29, 0.717) is 12.5 Å². The van der Waals surface area contributed by atoms with E-state index in [-0.39, 0.29) is 5.54 Å². The second-order valence-electron chi connectivity index (χ2n) is 5.56. The van der Waals surface area contributed by atoms with Crippen LogP contribution in [-0.2, 0) is 12.8 Å². The molecule has 0 bridgehead atoms. The summed E-state index contributed by atoms with van der Waals surface area (Å²) in [5.74, 6) is 1.44. The van der Waals surface area contributed by atoms with Crippen molar-refractivity contribution < 1.29 is 0 Å². The molecule has 0 spiro atoms. The zero-order valence-electron chi connectivity index (χ0n) is 11.1. The van der Waals surface area contributed by atoms with Gasteiger partial charge in [-0.05, 0) is 43.7 Å². The zero-order chi connectivity index (χ0) is 12.5. The number of rotatable bonds is 4. The Labute approximate surface area is 104 Å². The van der Waals surface area contributed by atoms with Crippen LogP contribution in [0.2, 0.25) is 0 Å². The van der Waals surface area contributed by atoms with Crippen molar-refractivity contribution in [1.29, 1.82) is 0 Å². The fraction of sp³-hybridized carbons (Fsp3) is 0.643. The molecule has 0 aromatic carbocycles. The highest BCUT2D eigenvalue weighted by Gasteiger charge is 2.27. The molecule has 3 N–H and O–H groups in total. The van der Waals surface area contributed by atoms with E-state index in [1.165, 1.54) is 24.1 Å². The highest BCUT2D eigenvalue weighted by Crippen LogP contribution is 2.25. The molecule has 0 radical (unpaired) electrons. The van der Waals surface area contributed by atoms with E-state index in [9.17, 15) is 0 Å². The lowest BCUT2D eigenvalue weighted by atomic mass is 9.88. The molecule has 1 aliphatic rings. The van der Waals surface area contributed by atoms with Crippen LogP contribution in [0.25, 0.3) is 0 Å². The molecule has 1 heterocycles. The van der Waals surface area contributed by atoms with Crippen LogP contribution in [0, 0.1) is 5.92 Å². The minimum atomic E-state index is -0.0835. The molecule has 1 atom stereocenters. The zero-order valence-corrected chi connectivity index (χ0v) is 11.1. The van der Waals surface area contributed by atoms with Crippen LogP contribution < -0.4 is 11.1 Å². The monoisotopic (exact) mass is 233 g/mol. The SMILES string of the molecule is CC(C)C(C)(CN)Nc1ccc2c(n1)CCC2. The van der Waals surface area contributed by atoms with Gasteiger partial charge in [-0.25, -0.2) is 4.98 Å². The molecule has 17 heavy (non-hydrogen) atoms. The molecular formula is C14H23N3. The van der Waals surface area contributed by atoms with Crippen LogP contribution in [0.5, 0.6) is 0 Å². The standard InChI is InChI=1S/C14H23N3/c1-10(2)14(3,9-15)17-13-8-7-11-5-4-6-12(11)16-13/h7-8,10H,4-6,9,15H2,1-3H3,(H,16,17). The normalized spacial score (nSPS) is 17.9. The molecule has 3 heteroatoms. The molecule has 1 unspecified atom stereocenters. The summed E-state index contributed by atoms with van der Waals surface area (Å²) in [5.41, 5.74) is 8.47. The summed E-state index contributed by atoms with van der Waals surface area (Å²) in [6.45, 7) is 7.15. The van der Waals surface area contributed by atoms with Gasteiger partial charge in [0.2, 0.25) is 0 Å². The number of nitrogens with zero attached hydrogens (tertiary/aromatic N) is 1. The van der Waals surface area contributed by atoms with Crippen molar-refractivity contribution >= 4 is 5.82 Å². The van der Waals surface area contributed by atoms with Gasteiger partial charge in [0.05, 0.1) is 5.54 Å². The molecule has 3 nitrogen and oxygen atoms in total. The van der Waals surface area contributed by atoms with Crippen molar-refractivity contribution in [1.82, 2.24) is 4.98 Å². The number of fused-ring (bicyclic) bond motifs is 1. The van der Waals surface area contributed by atoms with Gasteiger partial charge in [0, 0.05) is 12.2 Å². The number of pyridine rings is 1. The Hall–Kier alpha value is -1.09. The summed E-state index contributed by atoms with van der Waals surface area (Å²) in [5, 5.41) is 3.50. The number of anilines is 1. The Morgan fingerprint density at radius 2 is 2.18 bits per heavy atom. The summed E-state index contributed by atoms with van der Waals surface area (Å²) in [6.07, 6.45) is 3.54. The largest absolute Gasteiger partial charge is 0.363 e. The van der Waals surface area contributed by atoms with Gasteiger partial charge in [0.15, 0.2) is 0 Å². The minimum absolute atomic E-state index is 0.0835. The average Bonchev–Trinajstić information content (AvgIpc) is 2.75. The maximum absolute atomic E-state index is 5.88. The molecular weight excluding hydrogens is 210 g/mol. The number of nitrogens with two attached hydrogens (primary N) is 1. The number of aromatic nitrogens is 1. The molecule has 2 rings (SSSR count). The second-order valence-corrected chi connectivity index (χ2v) is 5.56. The predicted molar refractivity (Wildman–Crippen MR) is 72.2 cm³/mol. The molecule has 0 aliphatic heterocycles. The topological polar surface area (TPSA) is 50.9 Å². The molecule has 0 saturated carbocycles. The minimum Gasteiger partial charge on any atom is -0.363 e. The highest BCUT2D eigenvalue weighted by molar-refractivity contribution is 5.42. The summed E-state index contributed by atoms with van der Waals surface area (Å²) >= 11 is 0. The summed E-state index contributed by atoms with van der Waals surface area (Å²) in [7, 11) is 0. The number of aryl methyl sites for hydroxylation is 2. The summed E-state index contributed by atoms with van der Waals surface area (Å²) in [6, 6.07) is 4.29. The van der Waals surface area contributed by atoms with Crippen LogP contribution in [0.1, 0.15) is 38.4 Å². The Bertz CT molecular complexity index is 400. The summed E-state index contributed by atoms with van der Waals surface area (Å²) in [4.78, 5) is 4.70. The van der Waals surface area contributed by atoms with E-state index in [1.807, 2.05) is 0 Å². The number of nitrogens with one attached hydrogen (secondary N) is 1. The van der Waals surface area contributed by atoms with Gasteiger partial charge in [-0.1, -0.05) is 19.9 Å². The Balaban J connectivity index is 2.18. The smallest absolute Gasteiger partial charge is 0.126 e. The lowest BCUT2D eigenvalue weighted by Gasteiger charge is -2.34. The van der Waals surface area contributed by atoms with E-state index in [1.54, 1.807) is 0 Å². The van der Waals surface area contributed by atoms with Crippen molar-refractivity contribution in [2.24, 2.45) is 11.7 Å². The van der Waals surface area contributed by atoms with Crippen molar-refractivity contribution in [3.8, 4) is 0 Å². The van der Waals surface area contributed by atoms with Gasteiger partial charge < -0.3 is 11.1 Å². The maximum Gasteiger partial charge on any atom is 0.126 e. The third-order valence-corrected chi connectivity index (χ3v) is 4.04. The number of hydrogen-bond acceptors (Lipinski definition) is 3. The highest BCUT2D eigenvalue weighted by atomic mass is 15.1. The fourth-order valence-corrected chi connectivity index (χ4v) is 2.21. The van der Waals surface area contributed by atoms with Crippen molar-refractivity contribution in [3.63, 3.8) is 0 Å². The lowest BCUT2D eigenvalue weighted by Crippen LogP contribution is -2.47. The third kappa shape index (κ3) is 2.44. The first-order chi connectivity index (χ1) is 8.05. The molecule has 1 aliphatic carbocycles. The first-order valence-electron chi connectivity index (χ1n) is 6.52. The molecule has 0 fully saturated rings. The molecule has 1 aromatic rings. The molecule has 94 valence electrons. The third-order valence-electron chi connectivity index (χ3n) is 4.04. The quantitative estimate of drug-likeness (QED) is 0.839. The van der Waals surface area contributed by atoms with Crippen LogP contribution in [-0.4, -0.2) is 17.1 Å². The van der Waals surface area contributed by atoms with E-state index in [4.69, 9.17) is 10.7 Å². The van der Waals surface area contributed by atoms with Gasteiger partial charge in [0.25, 0.3) is 0 Å². The molecule has 0 saturated heterocycles. The second kappa shape index (κ2) is 4.65. The average molecular weight is 233 g/mol. The fourth-order valence-electron chi connectivity index (χ4n) is 2.21. The molecule has 0 amide bonds. The molecule has 1 aromatic heterocycles. The first-order valence-corrected chi connectivity index (χ1v) is 6.52. The van der Waals surface area contributed by atoms with Gasteiger partial charge in [-0.2, -0.15) is 0 Å². The van der Waals surface area contributed by atoms with Gasteiger partial charge >= 0.3 is 0 Å². The van der Waals surface area contributed by atoms with Crippen LogP contribution >= 0.6 is 0 Å². The van der Waals surface area contributed by atoms with E-state index in [0.717, 1.165) is 12.2 Å². The van der Waals surface area contributed by atoms with E-state index >= 15 is 0 Å². The van der Waals surface area contributed by atoms with Gasteiger partial charge in [-0.3, -0.25) is 0 Å². The lowest BCUT2D eigenvalue weighted by molar-refractivity contribution is 0.381. The van der Waals surface area contributed by atoms with Gasteiger partial charge in [0.1, 0.15) is 5.82 Å². The number of hydrogen-bond donors (Lipinski definition) is 2. The van der Waals surface area contributed by atoms with Crippen LogP contribution in [0.15, 0.2) is 12.1 Å². The predicted octanol–water partition coefficient (Wildman–Crippen LogP) is 2.36. The Morgan fingerprint density at radius 3 is 2.82 bits per heavy atom. The summed E-state index contributed by atoms with van der Waals surface area (Å²) < 4.78 is 0. The maximum atomic E-state index is 5.88. The first kappa shape index (κ1) is 12.4.